The van der Waals surface area contributed by atoms with E-state index in [1.165, 1.54) is 25.4 Å². The van der Waals surface area contributed by atoms with Gasteiger partial charge >= 0.3 is 0 Å². The number of halogens is 1. The second kappa shape index (κ2) is 9.38. The van der Waals surface area contributed by atoms with Crippen molar-refractivity contribution in [2.45, 2.75) is 6.54 Å². The third-order valence-corrected chi connectivity index (χ3v) is 5.09. The summed E-state index contributed by atoms with van der Waals surface area (Å²) in [6, 6.07) is 12.0. The Morgan fingerprint density at radius 2 is 1.81 bits per heavy atom. The summed E-state index contributed by atoms with van der Waals surface area (Å²) in [5.74, 6) is 0.170. The van der Waals surface area contributed by atoms with Crippen LogP contribution in [0.15, 0.2) is 54.9 Å². The van der Waals surface area contributed by atoms with E-state index in [-0.39, 0.29) is 23.2 Å². The van der Waals surface area contributed by atoms with Crippen LogP contribution in [0.3, 0.4) is 0 Å². The molecule has 1 fully saturated rings. The zero-order valence-electron chi connectivity index (χ0n) is 17.2. The highest BCUT2D eigenvalue weighted by atomic mass is 19.1. The maximum atomic E-state index is 13.1. The van der Waals surface area contributed by atoms with E-state index in [0.717, 1.165) is 24.5 Å². The van der Waals surface area contributed by atoms with Gasteiger partial charge in [0.2, 0.25) is 11.8 Å². The van der Waals surface area contributed by atoms with Crippen molar-refractivity contribution in [1.82, 2.24) is 20.3 Å². The van der Waals surface area contributed by atoms with Gasteiger partial charge in [-0.2, -0.15) is 4.98 Å². The summed E-state index contributed by atoms with van der Waals surface area (Å²) in [5.41, 5.74) is 2.01. The molecule has 8 nitrogen and oxygen atoms in total. The average Bonchev–Trinajstić information content (AvgIpc) is 2.83. The first-order valence-corrected chi connectivity index (χ1v) is 9.98. The van der Waals surface area contributed by atoms with Gasteiger partial charge in [-0.25, -0.2) is 9.37 Å². The van der Waals surface area contributed by atoms with Crippen LogP contribution in [0.5, 0.6) is 5.88 Å². The molecule has 9 heteroatoms. The normalized spacial score (nSPS) is 13.7. The topological polar surface area (TPSA) is 83.5 Å². The number of ether oxygens (including phenoxy) is 1. The van der Waals surface area contributed by atoms with Crippen molar-refractivity contribution in [3.8, 4) is 5.88 Å². The second-order valence-corrected chi connectivity index (χ2v) is 7.05. The lowest BCUT2D eigenvalue weighted by Gasteiger charge is -2.36. The van der Waals surface area contributed by atoms with Crippen molar-refractivity contribution >= 4 is 17.5 Å². The fourth-order valence-electron chi connectivity index (χ4n) is 3.41. The summed E-state index contributed by atoms with van der Waals surface area (Å²) in [5, 5.41) is 2.81. The number of amides is 1. The molecule has 3 aromatic rings. The van der Waals surface area contributed by atoms with E-state index in [2.05, 4.69) is 25.2 Å². The molecule has 0 unspecified atom stereocenters. The summed E-state index contributed by atoms with van der Waals surface area (Å²) >= 11 is 0. The summed E-state index contributed by atoms with van der Waals surface area (Å²) in [4.78, 5) is 29.8. The number of hydrogen-bond donors (Lipinski definition) is 1. The monoisotopic (exact) mass is 422 g/mol. The summed E-state index contributed by atoms with van der Waals surface area (Å²) in [6.45, 7) is 3.21. The number of rotatable bonds is 6. The lowest BCUT2D eigenvalue weighted by atomic mass is 10.2. The van der Waals surface area contributed by atoms with Gasteiger partial charge in [-0.15, -0.1) is 0 Å². The van der Waals surface area contributed by atoms with Crippen LogP contribution in [0.2, 0.25) is 0 Å². The minimum Gasteiger partial charge on any atom is -0.480 e. The molecule has 0 atom stereocenters. The number of pyridine rings is 1. The minimum absolute atomic E-state index is 0.226. The molecule has 160 valence electrons. The summed E-state index contributed by atoms with van der Waals surface area (Å²) in [6.07, 6.45) is 3.16. The van der Waals surface area contributed by atoms with Crippen LogP contribution >= 0.6 is 0 Å². The summed E-state index contributed by atoms with van der Waals surface area (Å²) < 4.78 is 18.5. The Bertz CT molecular complexity index is 1020. The summed E-state index contributed by atoms with van der Waals surface area (Å²) in [7, 11) is 1.48. The maximum absolute atomic E-state index is 13.1. The van der Waals surface area contributed by atoms with Gasteiger partial charge < -0.3 is 19.9 Å². The Hall–Kier alpha value is -3.75. The van der Waals surface area contributed by atoms with Gasteiger partial charge in [0.1, 0.15) is 11.4 Å². The van der Waals surface area contributed by atoms with E-state index >= 15 is 0 Å². The number of methoxy groups -OCH3 is 1. The Morgan fingerprint density at radius 3 is 2.48 bits per heavy atom. The van der Waals surface area contributed by atoms with Crippen LogP contribution in [0.25, 0.3) is 0 Å². The second-order valence-electron chi connectivity index (χ2n) is 7.05. The van der Waals surface area contributed by atoms with E-state index in [4.69, 9.17) is 4.74 Å². The molecular weight excluding hydrogens is 399 g/mol. The lowest BCUT2D eigenvalue weighted by molar-refractivity contribution is 0.0946. The molecule has 0 radical (unpaired) electrons. The predicted octanol–water partition coefficient (Wildman–Crippen LogP) is 2.28. The Balaban J connectivity index is 1.40. The fourth-order valence-corrected chi connectivity index (χ4v) is 3.41. The van der Waals surface area contributed by atoms with Crippen LogP contribution < -0.4 is 19.9 Å². The standard InChI is InChI=1S/C22H23FN6O2/c1-31-21-19(20(30)25-14-17-4-2-3-9-24-17)15-26-22(27-21)29-12-10-28(11-13-29)18-7-5-16(23)6-8-18/h2-9,15H,10-14H2,1H3,(H,25,30). The molecule has 2 aromatic heterocycles. The highest BCUT2D eigenvalue weighted by Gasteiger charge is 2.22. The highest BCUT2D eigenvalue weighted by Crippen LogP contribution is 2.22. The third-order valence-electron chi connectivity index (χ3n) is 5.09. The van der Waals surface area contributed by atoms with Crippen LogP contribution in [0, 0.1) is 5.82 Å². The van der Waals surface area contributed by atoms with E-state index < -0.39 is 0 Å². The van der Waals surface area contributed by atoms with Gasteiger partial charge in [0, 0.05) is 44.3 Å². The van der Waals surface area contributed by atoms with Crippen molar-refractivity contribution in [3.63, 3.8) is 0 Å². The average molecular weight is 422 g/mol. The van der Waals surface area contributed by atoms with Gasteiger partial charge in [0.15, 0.2) is 0 Å². The number of nitrogens with one attached hydrogen (secondary N) is 1. The Labute approximate surface area is 179 Å². The SMILES string of the molecule is COc1nc(N2CCN(c3ccc(F)cc3)CC2)ncc1C(=O)NCc1ccccn1. The minimum atomic E-state index is -0.324. The molecule has 1 aromatic carbocycles. The molecule has 1 aliphatic rings. The first kappa shape index (κ1) is 20.5. The first-order chi connectivity index (χ1) is 15.1. The van der Waals surface area contributed by atoms with Crippen LogP contribution in [-0.2, 0) is 6.54 Å². The molecule has 1 saturated heterocycles. The third kappa shape index (κ3) is 4.88. The first-order valence-electron chi connectivity index (χ1n) is 9.98. The molecule has 1 N–H and O–H groups in total. The number of aromatic nitrogens is 3. The number of nitrogens with zero attached hydrogens (tertiary/aromatic N) is 5. The Morgan fingerprint density at radius 1 is 1.06 bits per heavy atom. The van der Waals surface area contributed by atoms with Crippen molar-refractivity contribution < 1.29 is 13.9 Å². The van der Waals surface area contributed by atoms with E-state index in [9.17, 15) is 9.18 Å². The molecule has 1 amide bonds. The van der Waals surface area contributed by atoms with E-state index in [1.54, 1.807) is 18.3 Å². The van der Waals surface area contributed by atoms with Gasteiger partial charge in [-0.3, -0.25) is 9.78 Å². The number of carbonyl (C=O) groups is 1. The predicted molar refractivity (Wildman–Crippen MR) is 115 cm³/mol. The number of anilines is 2. The van der Waals surface area contributed by atoms with Crippen LogP contribution in [0.4, 0.5) is 16.0 Å². The van der Waals surface area contributed by atoms with E-state index in [1.807, 2.05) is 23.1 Å². The fraction of sp³-hybridized carbons (Fsp3) is 0.273. The van der Waals surface area contributed by atoms with Crippen LogP contribution in [0.1, 0.15) is 16.1 Å². The smallest absolute Gasteiger partial charge is 0.258 e. The molecule has 0 bridgehead atoms. The number of hydrogen-bond acceptors (Lipinski definition) is 7. The maximum Gasteiger partial charge on any atom is 0.258 e. The number of carbonyl (C=O) groups excluding carboxylic acids is 1. The molecule has 31 heavy (non-hydrogen) atoms. The zero-order chi connectivity index (χ0) is 21.6. The molecule has 0 spiro atoms. The van der Waals surface area contributed by atoms with E-state index in [0.29, 0.717) is 25.6 Å². The lowest BCUT2D eigenvalue weighted by Crippen LogP contribution is -2.47. The quantitative estimate of drug-likeness (QED) is 0.652. The molecule has 1 aliphatic heterocycles. The molecular formula is C22H23FN6O2. The molecule has 4 rings (SSSR count). The Kier molecular flexibility index (Phi) is 6.21. The number of benzene rings is 1. The van der Waals surface area contributed by atoms with Gasteiger partial charge in [-0.05, 0) is 36.4 Å². The largest absolute Gasteiger partial charge is 0.480 e. The van der Waals surface area contributed by atoms with Crippen molar-refractivity contribution in [1.29, 1.82) is 0 Å². The number of piperazine rings is 1. The van der Waals surface area contributed by atoms with Crippen molar-refractivity contribution in [3.05, 3.63) is 71.9 Å². The van der Waals surface area contributed by atoms with Crippen molar-refractivity contribution in [2.75, 3.05) is 43.1 Å². The van der Waals surface area contributed by atoms with Crippen LogP contribution in [-0.4, -0.2) is 54.1 Å². The van der Waals surface area contributed by atoms with Gasteiger partial charge in [0.05, 0.1) is 19.3 Å². The van der Waals surface area contributed by atoms with Gasteiger partial charge in [-0.1, -0.05) is 6.07 Å². The molecule has 0 saturated carbocycles. The van der Waals surface area contributed by atoms with Gasteiger partial charge in [0.25, 0.3) is 5.91 Å². The van der Waals surface area contributed by atoms with Crippen molar-refractivity contribution in [2.24, 2.45) is 0 Å². The molecule has 3 heterocycles. The zero-order valence-corrected chi connectivity index (χ0v) is 17.2. The highest BCUT2D eigenvalue weighted by molar-refractivity contribution is 5.96. The molecule has 0 aliphatic carbocycles.